The van der Waals surface area contributed by atoms with Gasteiger partial charge in [0.15, 0.2) is 0 Å². The molecule has 1 aliphatic carbocycles. The molecular weight excluding hydrogens is 216 g/mol. The van der Waals surface area contributed by atoms with E-state index in [1.165, 1.54) is 32.1 Å². The van der Waals surface area contributed by atoms with Crippen molar-refractivity contribution in [1.82, 2.24) is 10.2 Å². The molecule has 1 aliphatic heterocycles. The number of nitrogens with one attached hydrogen (secondary N) is 1. The van der Waals surface area contributed by atoms with E-state index in [1.54, 1.807) is 0 Å². The van der Waals surface area contributed by atoms with Crippen molar-refractivity contribution in [1.29, 1.82) is 0 Å². The fourth-order valence-corrected chi connectivity index (χ4v) is 3.01. The smallest absolute Gasteiger partial charge is 0.409 e. The van der Waals surface area contributed by atoms with Gasteiger partial charge in [0.25, 0.3) is 0 Å². The minimum atomic E-state index is -0.135. The van der Waals surface area contributed by atoms with Crippen LogP contribution in [0.15, 0.2) is 0 Å². The average molecular weight is 240 g/mol. The molecule has 4 nitrogen and oxygen atoms in total. The maximum atomic E-state index is 11.5. The highest BCUT2D eigenvalue weighted by atomic mass is 16.6. The van der Waals surface area contributed by atoms with Gasteiger partial charge in [0, 0.05) is 12.6 Å². The molecule has 1 saturated heterocycles. The molecule has 0 bridgehead atoms. The monoisotopic (exact) mass is 240 g/mol. The number of carbonyl (C=O) groups excluding carboxylic acids is 1. The number of likely N-dealkylation sites (N-methyl/N-ethyl adjacent to an activating group) is 1. The van der Waals surface area contributed by atoms with Gasteiger partial charge in [-0.05, 0) is 25.3 Å². The van der Waals surface area contributed by atoms with Gasteiger partial charge in [-0.2, -0.15) is 0 Å². The lowest BCUT2D eigenvalue weighted by atomic mass is 9.83. The maximum Gasteiger partial charge on any atom is 0.409 e. The lowest BCUT2D eigenvalue weighted by Crippen LogP contribution is -2.46. The van der Waals surface area contributed by atoms with Gasteiger partial charge in [-0.15, -0.1) is 0 Å². The molecular formula is C13H24N2O2. The third-order valence-corrected chi connectivity index (χ3v) is 3.95. The molecule has 1 unspecified atom stereocenters. The predicted molar refractivity (Wildman–Crippen MR) is 67.0 cm³/mol. The molecule has 4 heteroatoms. The predicted octanol–water partition coefficient (Wildman–Crippen LogP) is 2.00. The summed E-state index contributed by atoms with van der Waals surface area (Å²) < 4.78 is 4.99. The van der Waals surface area contributed by atoms with Crippen molar-refractivity contribution >= 4 is 6.09 Å². The fraction of sp³-hybridized carbons (Fsp3) is 0.923. The number of amides is 1. The minimum absolute atomic E-state index is 0.135. The first-order valence-electron chi connectivity index (χ1n) is 6.96. The van der Waals surface area contributed by atoms with Crippen LogP contribution in [0.25, 0.3) is 0 Å². The summed E-state index contributed by atoms with van der Waals surface area (Å²) in [5.74, 6) is 0.733. The van der Waals surface area contributed by atoms with E-state index >= 15 is 0 Å². The summed E-state index contributed by atoms with van der Waals surface area (Å²) in [6.45, 7) is 5.25. The van der Waals surface area contributed by atoms with E-state index in [4.69, 9.17) is 4.74 Å². The van der Waals surface area contributed by atoms with Gasteiger partial charge in [0.05, 0.1) is 6.54 Å². The molecule has 0 aromatic heterocycles. The van der Waals surface area contributed by atoms with Crippen LogP contribution in [-0.2, 0) is 4.74 Å². The fourth-order valence-electron chi connectivity index (χ4n) is 3.01. The van der Waals surface area contributed by atoms with Gasteiger partial charge < -0.3 is 15.0 Å². The molecule has 2 aliphatic rings. The van der Waals surface area contributed by atoms with Crippen LogP contribution in [0, 0.1) is 5.92 Å². The van der Waals surface area contributed by atoms with Gasteiger partial charge >= 0.3 is 6.09 Å². The van der Waals surface area contributed by atoms with Gasteiger partial charge in [-0.3, -0.25) is 0 Å². The summed E-state index contributed by atoms with van der Waals surface area (Å²) in [5, 5.41) is 3.55. The number of rotatable bonds is 5. The highest BCUT2D eigenvalue weighted by Crippen LogP contribution is 2.27. The highest BCUT2D eigenvalue weighted by molar-refractivity contribution is 5.69. The second kappa shape index (κ2) is 6.24. The summed E-state index contributed by atoms with van der Waals surface area (Å²) in [6, 6.07) is 0.450. The number of cyclic esters (lactones) is 1. The third-order valence-electron chi connectivity index (χ3n) is 3.95. The van der Waals surface area contributed by atoms with Crippen molar-refractivity contribution < 1.29 is 9.53 Å². The van der Waals surface area contributed by atoms with E-state index in [0.29, 0.717) is 12.6 Å². The first-order chi connectivity index (χ1) is 8.31. The van der Waals surface area contributed by atoms with Crippen molar-refractivity contribution in [3.63, 3.8) is 0 Å². The molecule has 1 N–H and O–H groups in total. The lowest BCUT2D eigenvalue weighted by Gasteiger charge is -2.32. The first kappa shape index (κ1) is 12.7. The number of hydrogen-bond donors (Lipinski definition) is 1. The first-order valence-corrected chi connectivity index (χ1v) is 6.96. The van der Waals surface area contributed by atoms with E-state index in [1.807, 2.05) is 4.90 Å². The van der Waals surface area contributed by atoms with Crippen molar-refractivity contribution in [2.24, 2.45) is 5.92 Å². The van der Waals surface area contributed by atoms with E-state index in [0.717, 1.165) is 25.6 Å². The van der Waals surface area contributed by atoms with E-state index in [-0.39, 0.29) is 6.09 Å². The Morgan fingerprint density at radius 2 is 2.18 bits per heavy atom. The molecule has 98 valence electrons. The van der Waals surface area contributed by atoms with Gasteiger partial charge in [-0.1, -0.05) is 26.2 Å². The molecule has 0 spiro atoms. The molecule has 0 radical (unpaired) electrons. The standard InChI is InChI=1S/C13H24N2O2/c1-2-14-12(11-6-4-3-5-7-11)10-15-8-9-17-13(15)16/h11-12,14H,2-10H2,1H3. The second-order valence-corrected chi connectivity index (χ2v) is 5.12. The highest BCUT2D eigenvalue weighted by Gasteiger charge is 2.29. The number of carbonyl (C=O) groups is 1. The zero-order valence-electron chi connectivity index (χ0n) is 10.8. The Morgan fingerprint density at radius 1 is 1.41 bits per heavy atom. The van der Waals surface area contributed by atoms with Gasteiger partial charge in [0.1, 0.15) is 6.61 Å². The molecule has 17 heavy (non-hydrogen) atoms. The largest absolute Gasteiger partial charge is 0.448 e. The second-order valence-electron chi connectivity index (χ2n) is 5.12. The van der Waals surface area contributed by atoms with Crippen LogP contribution >= 0.6 is 0 Å². The van der Waals surface area contributed by atoms with E-state index in [9.17, 15) is 4.79 Å². The quantitative estimate of drug-likeness (QED) is 0.799. The topological polar surface area (TPSA) is 41.6 Å². The Morgan fingerprint density at radius 3 is 2.76 bits per heavy atom. The van der Waals surface area contributed by atoms with Crippen LogP contribution in [0.4, 0.5) is 4.79 Å². The summed E-state index contributed by atoms with van der Waals surface area (Å²) in [6.07, 6.45) is 6.54. The SMILES string of the molecule is CCNC(CN1CCOC1=O)C1CCCCC1. The van der Waals surface area contributed by atoms with E-state index < -0.39 is 0 Å². The Bertz CT molecular complexity index is 252. The molecule has 0 aromatic carbocycles. The van der Waals surface area contributed by atoms with Crippen LogP contribution in [0.5, 0.6) is 0 Å². The maximum absolute atomic E-state index is 11.5. The average Bonchev–Trinajstić information content (AvgIpc) is 2.76. The van der Waals surface area contributed by atoms with E-state index in [2.05, 4.69) is 12.2 Å². The summed E-state index contributed by atoms with van der Waals surface area (Å²) in [5.41, 5.74) is 0. The van der Waals surface area contributed by atoms with Gasteiger partial charge in [-0.25, -0.2) is 4.79 Å². The Hall–Kier alpha value is -0.770. The number of ether oxygens (including phenoxy) is 1. The summed E-state index contributed by atoms with van der Waals surface area (Å²) >= 11 is 0. The van der Waals surface area contributed by atoms with Crippen molar-refractivity contribution in [3.8, 4) is 0 Å². The van der Waals surface area contributed by atoms with Crippen LogP contribution < -0.4 is 5.32 Å². The van der Waals surface area contributed by atoms with Crippen LogP contribution in [0.2, 0.25) is 0 Å². The van der Waals surface area contributed by atoms with Crippen molar-refractivity contribution in [2.75, 3.05) is 26.2 Å². The zero-order chi connectivity index (χ0) is 12.1. The molecule has 0 aromatic rings. The van der Waals surface area contributed by atoms with Gasteiger partial charge in [0.2, 0.25) is 0 Å². The normalized spacial score (nSPS) is 23.8. The van der Waals surface area contributed by atoms with Crippen molar-refractivity contribution in [2.45, 2.75) is 45.1 Å². The Labute approximate surface area is 104 Å². The van der Waals surface area contributed by atoms with Crippen molar-refractivity contribution in [3.05, 3.63) is 0 Å². The minimum Gasteiger partial charge on any atom is -0.448 e. The molecule has 1 amide bonds. The molecule has 2 rings (SSSR count). The zero-order valence-corrected chi connectivity index (χ0v) is 10.8. The summed E-state index contributed by atoms with van der Waals surface area (Å²) in [7, 11) is 0. The molecule has 2 fully saturated rings. The van der Waals surface area contributed by atoms with Crippen LogP contribution in [0.3, 0.4) is 0 Å². The summed E-state index contributed by atoms with van der Waals surface area (Å²) in [4.78, 5) is 13.3. The molecule has 1 saturated carbocycles. The lowest BCUT2D eigenvalue weighted by molar-refractivity contribution is 0.149. The van der Waals surface area contributed by atoms with Crippen LogP contribution in [0.1, 0.15) is 39.0 Å². The Balaban J connectivity index is 1.88. The molecule has 1 atom stereocenters. The van der Waals surface area contributed by atoms with Crippen LogP contribution in [-0.4, -0.2) is 43.3 Å². The number of nitrogens with zero attached hydrogens (tertiary/aromatic N) is 1. The number of hydrogen-bond acceptors (Lipinski definition) is 3. The Kier molecular flexibility index (Phi) is 4.66. The third kappa shape index (κ3) is 3.35. The molecule has 1 heterocycles.